The smallest absolute Gasteiger partial charge is 0.249 e. The van der Waals surface area contributed by atoms with Crippen LogP contribution in [0.1, 0.15) is 25.7 Å². The number of amides is 3. The Morgan fingerprint density at radius 1 is 1.30 bits per heavy atom. The van der Waals surface area contributed by atoms with Crippen molar-refractivity contribution in [1.29, 1.82) is 0 Å². The number of rotatable bonds is 6. The summed E-state index contributed by atoms with van der Waals surface area (Å²) in [6.07, 6.45) is 1.70. The van der Waals surface area contributed by atoms with Crippen LogP contribution in [0.2, 0.25) is 0 Å². The van der Waals surface area contributed by atoms with Gasteiger partial charge in [0.25, 0.3) is 0 Å². The highest BCUT2D eigenvalue weighted by atomic mass is 19.1. The second-order valence-corrected chi connectivity index (χ2v) is 5.69. The third kappa shape index (κ3) is 3.49. The largest absolute Gasteiger partial charge is 0.490 e. The van der Waals surface area contributed by atoms with Gasteiger partial charge in [0.15, 0.2) is 11.6 Å². The molecule has 1 aromatic carbocycles. The molecule has 122 valence electrons. The van der Waals surface area contributed by atoms with Gasteiger partial charge in [0, 0.05) is 6.04 Å². The maximum absolute atomic E-state index is 13.4. The summed E-state index contributed by atoms with van der Waals surface area (Å²) in [5.41, 5.74) is 0. The van der Waals surface area contributed by atoms with E-state index in [1.807, 2.05) is 0 Å². The van der Waals surface area contributed by atoms with Crippen molar-refractivity contribution < 1.29 is 23.5 Å². The number of imide groups is 1. The molecular weight excluding hydrogens is 303 g/mol. The number of ether oxygens (including phenoxy) is 1. The highest BCUT2D eigenvalue weighted by Crippen LogP contribution is 2.31. The minimum Gasteiger partial charge on any atom is -0.490 e. The molecule has 0 aromatic heterocycles. The molecule has 1 saturated carbocycles. The monoisotopic (exact) mass is 320 g/mol. The van der Waals surface area contributed by atoms with E-state index in [1.54, 1.807) is 12.1 Å². The molecule has 1 N–H and O–H groups in total. The number of carbonyl (C=O) groups excluding carboxylic acids is 3. The molecule has 3 amide bonds. The molecule has 2 fully saturated rings. The van der Waals surface area contributed by atoms with Gasteiger partial charge < -0.3 is 9.64 Å². The van der Waals surface area contributed by atoms with Crippen LogP contribution in [0.15, 0.2) is 24.3 Å². The molecule has 0 radical (unpaired) electrons. The Kier molecular flexibility index (Phi) is 4.27. The van der Waals surface area contributed by atoms with Crippen molar-refractivity contribution in [2.24, 2.45) is 0 Å². The minimum atomic E-state index is -0.726. The van der Waals surface area contributed by atoms with Crippen molar-refractivity contribution in [2.75, 3.05) is 6.61 Å². The second-order valence-electron chi connectivity index (χ2n) is 5.69. The Morgan fingerprint density at radius 3 is 2.65 bits per heavy atom. The molecule has 2 aliphatic rings. The van der Waals surface area contributed by atoms with Crippen LogP contribution in [0.25, 0.3) is 0 Å². The summed E-state index contributed by atoms with van der Waals surface area (Å²) in [5.74, 6) is -1.43. The number of halogens is 1. The van der Waals surface area contributed by atoms with Crippen molar-refractivity contribution in [3.05, 3.63) is 30.1 Å². The lowest BCUT2D eigenvalue weighted by atomic mass is 10.2. The van der Waals surface area contributed by atoms with Crippen LogP contribution in [0, 0.1) is 5.82 Å². The number of hydrogen-bond donors (Lipinski definition) is 1. The molecule has 1 heterocycles. The number of nitrogens with one attached hydrogen (secondary N) is 1. The first-order valence-electron chi connectivity index (χ1n) is 7.58. The molecule has 1 aliphatic heterocycles. The summed E-state index contributed by atoms with van der Waals surface area (Å²) < 4.78 is 18.7. The van der Waals surface area contributed by atoms with Gasteiger partial charge in [-0.1, -0.05) is 12.1 Å². The molecule has 1 saturated heterocycles. The molecule has 1 atom stereocenters. The zero-order valence-corrected chi connectivity index (χ0v) is 12.5. The summed E-state index contributed by atoms with van der Waals surface area (Å²) in [6.45, 7) is 0.0191. The van der Waals surface area contributed by atoms with E-state index in [9.17, 15) is 18.8 Å². The van der Waals surface area contributed by atoms with Gasteiger partial charge in [0.05, 0.1) is 19.4 Å². The number of carbonyl (C=O) groups is 3. The predicted molar refractivity (Wildman–Crippen MR) is 77.9 cm³/mol. The van der Waals surface area contributed by atoms with Crippen molar-refractivity contribution in [3.8, 4) is 5.75 Å². The maximum Gasteiger partial charge on any atom is 0.249 e. The van der Waals surface area contributed by atoms with Gasteiger partial charge in [-0.15, -0.1) is 0 Å². The fraction of sp³-hybridized carbons (Fsp3) is 0.438. The normalized spacial score (nSPS) is 20.3. The van der Waals surface area contributed by atoms with E-state index >= 15 is 0 Å². The fourth-order valence-corrected chi connectivity index (χ4v) is 2.69. The number of nitrogens with zero attached hydrogens (tertiary/aromatic N) is 1. The third-order valence-electron chi connectivity index (χ3n) is 3.92. The number of benzene rings is 1. The first-order valence-corrected chi connectivity index (χ1v) is 7.58. The van der Waals surface area contributed by atoms with Crippen LogP contribution < -0.4 is 10.1 Å². The van der Waals surface area contributed by atoms with Crippen molar-refractivity contribution >= 4 is 17.7 Å². The highest BCUT2D eigenvalue weighted by molar-refractivity contribution is 6.06. The summed E-state index contributed by atoms with van der Waals surface area (Å²) in [6, 6.07) is 5.25. The minimum absolute atomic E-state index is 0.00917. The van der Waals surface area contributed by atoms with Gasteiger partial charge in [-0.2, -0.15) is 0 Å². The Hall–Kier alpha value is -2.44. The lowest BCUT2D eigenvalue weighted by Crippen LogP contribution is -2.46. The molecule has 23 heavy (non-hydrogen) atoms. The Labute approximate surface area is 132 Å². The van der Waals surface area contributed by atoms with Crippen LogP contribution >= 0.6 is 0 Å². The SMILES string of the molecule is O=C1C[C@H](N(C(=O)CCOc2ccccc2F)C2CC2)C(=O)N1. The van der Waals surface area contributed by atoms with Gasteiger partial charge >= 0.3 is 0 Å². The van der Waals surface area contributed by atoms with Crippen LogP contribution in [0.4, 0.5) is 4.39 Å². The molecule has 6 nitrogen and oxygen atoms in total. The summed E-state index contributed by atoms with van der Waals surface area (Å²) in [7, 11) is 0. The Morgan fingerprint density at radius 2 is 2.04 bits per heavy atom. The lowest BCUT2D eigenvalue weighted by molar-refractivity contribution is -0.140. The van der Waals surface area contributed by atoms with E-state index in [4.69, 9.17) is 4.74 Å². The first kappa shape index (κ1) is 15.5. The molecule has 0 bridgehead atoms. The Balaban J connectivity index is 1.58. The van der Waals surface area contributed by atoms with E-state index in [0.717, 1.165) is 12.8 Å². The van der Waals surface area contributed by atoms with Crippen molar-refractivity contribution in [1.82, 2.24) is 10.2 Å². The average Bonchev–Trinajstić information content (AvgIpc) is 3.27. The molecule has 7 heteroatoms. The van der Waals surface area contributed by atoms with Crippen molar-refractivity contribution in [3.63, 3.8) is 0 Å². The molecule has 3 rings (SSSR count). The van der Waals surface area contributed by atoms with E-state index in [2.05, 4.69) is 5.32 Å². The molecule has 1 aromatic rings. The van der Waals surface area contributed by atoms with Gasteiger partial charge in [0.1, 0.15) is 6.04 Å². The first-order chi connectivity index (χ1) is 11.1. The fourth-order valence-electron chi connectivity index (χ4n) is 2.69. The van der Waals surface area contributed by atoms with Crippen LogP contribution in [0.3, 0.4) is 0 Å². The zero-order chi connectivity index (χ0) is 16.4. The summed E-state index contributed by atoms with van der Waals surface area (Å²) in [5, 5.41) is 2.22. The lowest BCUT2D eigenvalue weighted by Gasteiger charge is -2.26. The van der Waals surface area contributed by atoms with E-state index in [0.29, 0.717) is 0 Å². The second kappa shape index (κ2) is 6.36. The van der Waals surface area contributed by atoms with E-state index in [-0.39, 0.29) is 43.1 Å². The standard InChI is InChI=1S/C16H17FN2O4/c17-11-3-1-2-4-13(11)23-8-7-15(21)19(10-5-6-10)12-9-14(20)18-16(12)22/h1-4,10,12H,5-9H2,(H,18,20,22)/t12-/m0/s1. The van der Waals surface area contributed by atoms with E-state index in [1.165, 1.54) is 17.0 Å². The summed E-state index contributed by atoms with van der Waals surface area (Å²) >= 11 is 0. The zero-order valence-electron chi connectivity index (χ0n) is 12.5. The molecule has 0 spiro atoms. The van der Waals surface area contributed by atoms with Gasteiger partial charge in [-0.25, -0.2) is 4.39 Å². The molecular formula is C16H17FN2O4. The van der Waals surface area contributed by atoms with Crippen molar-refractivity contribution in [2.45, 2.75) is 37.8 Å². The van der Waals surface area contributed by atoms with Gasteiger partial charge in [-0.05, 0) is 25.0 Å². The van der Waals surface area contributed by atoms with Gasteiger partial charge in [0.2, 0.25) is 17.7 Å². The highest BCUT2D eigenvalue weighted by Gasteiger charge is 2.44. The van der Waals surface area contributed by atoms with Gasteiger partial charge in [-0.3, -0.25) is 19.7 Å². The number of para-hydroxylation sites is 1. The molecule has 1 aliphatic carbocycles. The average molecular weight is 320 g/mol. The number of hydrogen-bond acceptors (Lipinski definition) is 4. The quantitative estimate of drug-likeness (QED) is 0.794. The van der Waals surface area contributed by atoms with Crippen LogP contribution in [-0.2, 0) is 14.4 Å². The predicted octanol–water partition coefficient (Wildman–Crippen LogP) is 1.00. The topological polar surface area (TPSA) is 75.7 Å². The van der Waals surface area contributed by atoms with E-state index < -0.39 is 17.8 Å². The Bertz CT molecular complexity index is 645. The summed E-state index contributed by atoms with van der Waals surface area (Å²) in [4.78, 5) is 37.0. The molecule has 0 unspecified atom stereocenters. The maximum atomic E-state index is 13.4. The third-order valence-corrected chi connectivity index (χ3v) is 3.92. The van der Waals surface area contributed by atoms with Crippen LogP contribution in [0.5, 0.6) is 5.75 Å². The van der Waals surface area contributed by atoms with Crippen LogP contribution in [-0.4, -0.2) is 41.3 Å².